The molecule has 18 heavy (non-hydrogen) atoms. The first-order valence-corrected chi connectivity index (χ1v) is 5.89. The number of carboxylic acid groups (broad SMARTS) is 1. The highest BCUT2D eigenvalue weighted by molar-refractivity contribution is 5.87. The summed E-state index contributed by atoms with van der Waals surface area (Å²) in [4.78, 5) is 35.4. The summed E-state index contributed by atoms with van der Waals surface area (Å²) < 4.78 is 5.14. The zero-order valence-electron chi connectivity index (χ0n) is 10.9. The third-order valence-corrected chi connectivity index (χ3v) is 2.58. The van der Waals surface area contributed by atoms with Crippen molar-refractivity contribution in [1.82, 2.24) is 4.90 Å². The van der Waals surface area contributed by atoms with Gasteiger partial charge in [-0.1, -0.05) is 0 Å². The van der Waals surface area contributed by atoms with Crippen LogP contribution in [0, 0.1) is 0 Å². The molecule has 0 aromatic carbocycles. The van der Waals surface area contributed by atoms with Crippen molar-refractivity contribution in [2.75, 3.05) is 13.1 Å². The minimum Gasteiger partial charge on any atom is -0.480 e. The number of Topliss-reactive ketones (excluding diaryl/α,β-unsaturated/α-hetero) is 1. The van der Waals surface area contributed by atoms with Crippen LogP contribution in [-0.4, -0.2) is 52.5 Å². The molecule has 1 saturated heterocycles. The van der Waals surface area contributed by atoms with Crippen molar-refractivity contribution in [3.8, 4) is 0 Å². The number of hydrogen-bond donors (Lipinski definition) is 1. The maximum absolute atomic E-state index is 11.6. The Balaban J connectivity index is 2.61. The van der Waals surface area contributed by atoms with E-state index >= 15 is 0 Å². The van der Waals surface area contributed by atoms with Crippen LogP contribution in [0.15, 0.2) is 0 Å². The van der Waals surface area contributed by atoms with Crippen LogP contribution in [0.1, 0.15) is 33.6 Å². The quantitative estimate of drug-likeness (QED) is 0.739. The van der Waals surface area contributed by atoms with Gasteiger partial charge in [0.25, 0.3) is 0 Å². The number of ether oxygens (including phenoxy) is 1. The Morgan fingerprint density at radius 3 is 2.56 bits per heavy atom. The number of piperidine rings is 1. The van der Waals surface area contributed by atoms with E-state index in [-0.39, 0.29) is 31.7 Å². The molecule has 1 N–H and O–H groups in total. The largest absolute Gasteiger partial charge is 0.480 e. The van der Waals surface area contributed by atoms with E-state index in [1.54, 1.807) is 20.8 Å². The Morgan fingerprint density at radius 1 is 1.44 bits per heavy atom. The number of nitrogens with zero attached hydrogens (tertiary/aromatic N) is 1. The van der Waals surface area contributed by atoms with Crippen LogP contribution in [0.25, 0.3) is 0 Å². The maximum Gasteiger partial charge on any atom is 0.321 e. The van der Waals surface area contributed by atoms with Gasteiger partial charge in [0.15, 0.2) is 0 Å². The van der Waals surface area contributed by atoms with Crippen molar-refractivity contribution < 1.29 is 24.2 Å². The number of likely N-dealkylation sites (tertiary alicyclic amines) is 1. The van der Waals surface area contributed by atoms with Crippen LogP contribution in [-0.2, 0) is 19.1 Å². The van der Waals surface area contributed by atoms with Crippen molar-refractivity contribution >= 4 is 17.7 Å². The average Bonchev–Trinajstić information content (AvgIpc) is 2.17. The molecular weight excluding hydrogens is 238 g/mol. The standard InChI is InChI=1S/C12H19NO5/c1-12(2,3)18-10(15)7-13-5-4-8(14)6-9(13)11(16)17/h9H,4-7H2,1-3H3,(H,16,17)/t9-/m0/s1. The number of carbonyl (C=O) groups is 3. The number of carbonyl (C=O) groups excluding carboxylic acids is 2. The van der Waals surface area contributed by atoms with Gasteiger partial charge in [-0.25, -0.2) is 0 Å². The highest BCUT2D eigenvalue weighted by Gasteiger charge is 2.34. The van der Waals surface area contributed by atoms with Gasteiger partial charge in [-0.05, 0) is 20.8 Å². The van der Waals surface area contributed by atoms with Crippen LogP contribution in [0.5, 0.6) is 0 Å². The predicted octanol–water partition coefficient (Wildman–Crippen LogP) is 0.446. The molecule has 6 heteroatoms. The van der Waals surface area contributed by atoms with Crippen molar-refractivity contribution in [1.29, 1.82) is 0 Å². The van der Waals surface area contributed by atoms with E-state index in [1.165, 1.54) is 4.90 Å². The first-order valence-electron chi connectivity index (χ1n) is 5.89. The van der Waals surface area contributed by atoms with Crippen LogP contribution in [0.4, 0.5) is 0 Å². The second-order valence-electron chi connectivity index (χ2n) is 5.40. The lowest BCUT2D eigenvalue weighted by Crippen LogP contribution is -2.50. The monoisotopic (exact) mass is 257 g/mol. The lowest BCUT2D eigenvalue weighted by molar-refractivity contribution is -0.160. The summed E-state index contributed by atoms with van der Waals surface area (Å²) in [5.74, 6) is -1.63. The third-order valence-electron chi connectivity index (χ3n) is 2.58. The molecular formula is C12H19NO5. The van der Waals surface area contributed by atoms with E-state index in [2.05, 4.69) is 0 Å². The minimum atomic E-state index is -1.08. The first-order chi connectivity index (χ1) is 8.19. The fourth-order valence-corrected chi connectivity index (χ4v) is 1.84. The topological polar surface area (TPSA) is 83.9 Å². The number of rotatable bonds is 3. The summed E-state index contributed by atoms with van der Waals surface area (Å²) in [5.41, 5.74) is -0.596. The van der Waals surface area contributed by atoms with Gasteiger partial charge in [0.1, 0.15) is 17.4 Å². The summed E-state index contributed by atoms with van der Waals surface area (Å²) in [6.07, 6.45) is 0.241. The van der Waals surface area contributed by atoms with Gasteiger partial charge < -0.3 is 9.84 Å². The number of carboxylic acids is 1. The van der Waals surface area contributed by atoms with E-state index in [4.69, 9.17) is 9.84 Å². The van der Waals surface area contributed by atoms with Crippen LogP contribution in [0.2, 0.25) is 0 Å². The van der Waals surface area contributed by atoms with E-state index in [0.717, 1.165) is 0 Å². The second kappa shape index (κ2) is 5.48. The molecule has 0 radical (unpaired) electrons. The molecule has 1 atom stereocenters. The lowest BCUT2D eigenvalue weighted by Gasteiger charge is -2.32. The van der Waals surface area contributed by atoms with Gasteiger partial charge in [0, 0.05) is 19.4 Å². The van der Waals surface area contributed by atoms with Crippen LogP contribution in [0.3, 0.4) is 0 Å². The summed E-state index contributed by atoms with van der Waals surface area (Å²) >= 11 is 0. The van der Waals surface area contributed by atoms with Crippen LogP contribution < -0.4 is 0 Å². The van der Waals surface area contributed by atoms with E-state index in [0.29, 0.717) is 0 Å². The molecule has 0 bridgehead atoms. The molecule has 1 aliphatic rings. The molecule has 0 unspecified atom stereocenters. The van der Waals surface area contributed by atoms with E-state index in [9.17, 15) is 14.4 Å². The van der Waals surface area contributed by atoms with Gasteiger partial charge in [-0.15, -0.1) is 0 Å². The second-order valence-corrected chi connectivity index (χ2v) is 5.40. The summed E-state index contributed by atoms with van der Waals surface area (Å²) in [7, 11) is 0. The summed E-state index contributed by atoms with van der Waals surface area (Å²) in [6.45, 7) is 5.44. The molecule has 0 aromatic rings. The molecule has 102 valence electrons. The Hall–Kier alpha value is -1.43. The molecule has 6 nitrogen and oxygen atoms in total. The van der Waals surface area contributed by atoms with Crippen molar-refractivity contribution in [2.45, 2.75) is 45.3 Å². The molecule has 1 rings (SSSR count). The Morgan fingerprint density at radius 2 is 2.06 bits per heavy atom. The lowest BCUT2D eigenvalue weighted by atomic mass is 10.0. The summed E-state index contributed by atoms with van der Waals surface area (Å²) in [5, 5.41) is 9.03. The van der Waals surface area contributed by atoms with Crippen LogP contribution >= 0.6 is 0 Å². The highest BCUT2D eigenvalue weighted by atomic mass is 16.6. The fourth-order valence-electron chi connectivity index (χ4n) is 1.84. The molecule has 0 aromatic heterocycles. The van der Waals surface area contributed by atoms with Gasteiger partial charge >= 0.3 is 11.9 Å². The molecule has 1 fully saturated rings. The zero-order chi connectivity index (χ0) is 13.9. The Bertz CT molecular complexity index is 358. The van der Waals surface area contributed by atoms with Gasteiger partial charge in [0.2, 0.25) is 0 Å². The first kappa shape index (κ1) is 14.6. The Labute approximate surface area is 106 Å². The van der Waals surface area contributed by atoms with Gasteiger partial charge in [0.05, 0.1) is 6.54 Å². The molecule has 0 spiro atoms. The number of hydrogen-bond acceptors (Lipinski definition) is 5. The number of esters is 1. The zero-order valence-corrected chi connectivity index (χ0v) is 10.9. The normalized spacial score (nSPS) is 21.7. The average molecular weight is 257 g/mol. The highest BCUT2D eigenvalue weighted by Crippen LogP contribution is 2.15. The van der Waals surface area contributed by atoms with Gasteiger partial charge in [-0.2, -0.15) is 0 Å². The van der Waals surface area contributed by atoms with E-state index in [1.807, 2.05) is 0 Å². The molecule has 0 aliphatic carbocycles. The van der Waals surface area contributed by atoms with Gasteiger partial charge in [-0.3, -0.25) is 19.3 Å². The van der Waals surface area contributed by atoms with Crippen molar-refractivity contribution in [3.63, 3.8) is 0 Å². The molecule has 0 amide bonds. The summed E-state index contributed by atoms with van der Waals surface area (Å²) in [6, 6.07) is -0.918. The molecule has 1 aliphatic heterocycles. The molecule has 0 saturated carbocycles. The molecule has 1 heterocycles. The minimum absolute atomic E-state index is 0.0435. The van der Waals surface area contributed by atoms with Crippen molar-refractivity contribution in [3.05, 3.63) is 0 Å². The van der Waals surface area contributed by atoms with E-state index < -0.39 is 23.6 Å². The SMILES string of the molecule is CC(C)(C)OC(=O)CN1CCC(=O)C[C@H]1C(=O)O. The number of ketones is 1. The number of aliphatic carboxylic acids is 1. The smallest absolute Gasteiger partial charge is 0.321 e. The maximum atomic E-state index is 11.6. The Kier molecular flexibility index (Phi) is 4.45. The predicted molar refractivity (Wildman–Crippen MR) is 63.1 cm³/mol. The van der Waals surface area contributed by atoms with Crippen molar-refractivity contribution in [2.24, 2.45) is 0 Å². The fraction of sp³-hybridized carbons (Fsp3) is 0.750. The third kappa shape index (κ3) is 4.44.